The molecular formula is C12H21NO3. The fraction of sp³-hybridized carbons (Fsp3) is 0.833. The second-order valence-electron chi connectivity index (χ2n) is 4.95. The topological polar surface area (TPSA) is 66.4 Å². The molecule has 1 fully saturated rings. The molecule has 1 saturated carbocycles. The number of hydrogen-bond donors (Lipinski definition) is 2. The molecule has 1 aliphatic rings. The molecule has 0 spiro atoms. The first-order chi connectivity index (χ1) is 7.48. The monoisotopic (exact) mass is 227 g/mol. The molecule has 0 aromatic heterocycles. The van der Waals surface area contributed by atoms with Gasteiger partial charge in [-0.2, -0.15) is 0 Å². The standard InChI is InChI=1S/C12H21NO3/c1-9(2)10(14)13-12(11(15)16)7-5-3-4-6-8-12/h9H,3-8H2,1-2H3,(H,13,14)(H,15,16). The van der Waals surface area contributed by atoms with E-state index in [0.717, 1.165) is 25.7 Å². The van der Waals surface area contributed by atoms with E-state index in [1.165, 1.54) is 0 Å². The Kier molecular flexibility index (Phi) is 4.33. The number of carbonyl (C=O) groups excluding carboxylic acids is 1. The summed E-state index contributed by atoms with van der Waals surface area (Å²) in [4.78, 5) is 23.0. The van der Waals surface area contributed by atoms with Gasteiger partial charge < -0.3 is 10.4 Å². The molecule has 0 unspecified atom stereocenters. The fourth-order valence-electron chi connectivity index (χ4n) is 2.10. The lowest BCUT2D eigenvalue weighted by molar-refractivity contribution is -0.148. The first kappa shape index (κ1) is 13.0. The van der Waals surface area contributed by atoms with Gasteiger partial charge in [0.2, 0.25) is 5.91 Å². The summed E-state index contributed by atoms with van der Waals surface area (Å²) in [6.45, 7) is 3.56. The Balaban J connectivity index is 2.78. The van der Waals surface area contributed by atoms with E-state index in [0.29, 0.717) is 12.8 Å². The number of nitrogens with one attached hydrogen (secondary N) is 1. The molecule has 2 N–H and O–H groups in total. The van der Waals surface area contributed by atoms with Crippen LogP contribution in [0, 0.1) is 5.92 Å². The third-order valence-corrected chi connectivity index (χ3v) is 3.25. The van der Waals surface area contributed by atoms with E-state index in [2.05, 4.69) is 5.32 Å². The molecule has 1 amide bonds. The number of amides is 1. The highest BCUT2D eigenvalue weighted by Crippen LogP contribution is 2.27. The maximum absolute atomic E-state index is 11.7. The molecule has 1 rings (SSSR count). The minimum Gasteiger partial charge on any atom is -0.480 e. The Morgan fingerprint density at radius 3 is 2.00 bits per heavy atom. The van der Waals surface area contributed by atoms with Crippen molar-refractivity contribution in [2.75, 3.05) is 0 Å². The SMILES string of the molecule is CC(C)C(=O)NC1(C(=O)O)CCCCCC1. The summed E-state index contributed by atoms with van der Waals surface area (Å²) in [5, 5.41) is 12.1. The van der Waals surface area contributed by atoms with Crippen LogP contribution in [-0.2, 0) is 9.59 Å². The van der Waals surface area contributed by atoms with Crippen LogP contribution in [0.25, 0.3) is 0 Å². The molecule has 4 heteroatoms. The second kappa shape index (κ2) is 5.32. The molecule has 0 aromatic carbocycles. The van der Waals surface area contributed by atoms with E-state index in [9.17, 15) is 14.7 Å². The van der Waals surface area contributed by atoms with E-state index in [1.54, 1.807) is 13.8 Å². The van der Waals surface area contributed by atoms with Gasteiger partial charge in [-0.15, -0.1) is 0 Å². The van der Waals surface area contributed by atoms with Crippen LogP contribution in [0.15, 0.2) is 0 Å². The largest absolute Gasteiger partial charge is 0.480 e. The molecule has 0 radical (unpaired) electrons. The van der Waals surface area contributed by atoms with Gasteiger partial charge in [0.15, 0.2) is 0 Å². The molecule has 16 heavy (non-hydrogen) atoms. The van der Waals surface area contributed by atoms with Gasteiger partial charge in [-0.25, -0.2) is 4.79 Å². The summed E-state index contributed by atoms with van der Waals surface area (Å²) in [6, 6.07) is 0. The van der Waals surface area contributed by atoms with Crippen molar-refractivity contribution in [3.63, 3.8) is 0 Å². The molecule has 1 aliphatic carbocycles. The average molecular weight is 227 g/mol. The van der Waals surface area contributed by atoms with Crippen molar-refractivity contribution in [2.24, 2.45) is 5.92 Å². The van der Waals surface area contributed by atoms with E-state index in [4.69, 9.17) is 0 Å². The van der Waals surface area contributed by atoms with Crippen LogP contribution in [0.5, 0.6) is 0 Å². The zero-order chi connectivity index (χ0) is 12.2. The van der Waals surface area contributed by atoms with Crippen molar-refractivity contribution in [1.82, 2.24) is 5.32 Å². The van der Waals surface area contributed by atoms with Crippen LogP contribution in [0.4, 0.5) is 0 Å². The maximum Gasteiger partial charge on any atom is 0.329 e. The summed E-state index contributed by atoms with van der Waals surface area (Å²) in [6.07, 6.45) is 5.00. The molecule has 4 nitrogen and oxygen atoms in total. The zero-order valence-corrected chi connectivity index (χ0v) is 10.1. The summed E-state index contributed by atoms with van der Waals surface area (Å²) in [5.41, 5.74) is -1.02. The third-order valence-electron chi connectivity index (χ3n) is 3.25. The molecule has 92 valence electrons. The van der Waals surface area contributed by atoms with Crippen molar-refractivity contribution >= 4 is 11.9 Å². The van der Waals surface area contributed by atoms with Gasteiger partial charge in [-0.3, -0.25) is 4.79 Å². The molecule has 0 aromatic rings. The van der Waals surface area contributed by atoms with Crippen LogP contribution in [0.2, 0.25) is 0 Å². The van der Waals surface area contributed by atoms with Gasteiger partial charge in [-0.05, 0) is 12.8 Å². The quantitative estimate of drug-likeness (QED) is 0.724. The summed E-state index contributed by atoms with van der Waals surface area (Å²) in [5.74, 6) is -1.22. The van der Waals surface area contributed by atoms with Crippen molar-refractivity contribution in [1.29, 1.82) is 0 Å². The number of carbonyl (C=O) groups is 2. The smallest absolute Gasteiger partial charge is 0.329 e. The predicted molar refractivity (Wildman–Crippen MR) is 61.0 cm³/mol. The van der Waals surface area contributed by atoms with Crippen molar-refractivity contribution in [2.45, 2.75) is 57.9 Å². The van der Waals surface area contributed by atoms with E-state index in [-0.39, 0.29) is 11.8 Å². The lowest BCUT2D eigenvalue weighted by Gasteiger charge is -2.30. The Morgan fingerprint density at radius 2 is 1.62 bits per heavy atom. The van der Waals surface area contributed by atoms with Crippen LogP contribution < -0.4 is 5.32 Å². The first-order valence-electron chi connectivity index (χ1n) is 6.03. The summed E-state index contributed by atoms with van der Waals surface area (Å²) < 4.78 is 0. The zero-order valence-electron chi connectivity index (χ0n) is 10.1. The highest BCUT2D eigenvalue weighted by Gasteiger charge is 2.40. The third kappa shape index (κ3) is 2.97. The second-order valence-corrected chi connectivity index (χ2v) is 4.95. The molecule has 0 saturated heterocycles. The molecular weight excluding hydrogens is 206 g/mol. The van der Waals surface area contributed by atoms with Crippen molar-refractivity contribution in [3.05, 3.63) is 0 Å². The Bertz CT molecular complexity index is 263. The number of aliphatic carboxylic acids is 1. The van der Waals surface area contributed by atoms with E-state index < -0.39 is 11.5 Å². The van der Waals surface area contributed by atoms with Gasteiger partial charge in [0.1, 0.15) is 5.54 Å². The van der Waals surface area contributed by atoms with Gasteiger partial charge in [0.05, 0.1) is 0 Å². The van der Waals surface area contributed by atoms with Crippen LogP contribution in [0.1, 0.15) is 52.4 Å². The number of carboxylic acids is 1. The molecule has 0 heterocycles. The van der Waals surface area contributed by atoms with Crippen molar-refractivity contribution in [3.8, 4) is 0 Å². The minimum absolute atomic E-state index is 0.163. The van der Waals surface area contributed by atoms with Crippen LogP contribution >= 0.6 is 0 Å². The normalized spacial score (nSPS) is 20.2. The summed E-state index contributed by atoms with van der Waals surface area (Å²) in [7, 11) is 0. The van der Waals surface area contributed by atoms with Crippen LogP contribution in [0.3, 0.4) is 0 Å². The number of hydrogen-bond acceptors (Lipinski definition) is 2. The maximum atomic E-state index is 11.7. The van der Waals surface area contributed by atoms with E-state index >= 15 is 0 Å². The van der Waals surface area contributed by atoms with Gasteiger partial charge in [-0.1, -0.05) is 39.5 Å². The Morgan fingerprint density at radius 1 is 1.12 bits per heavy atom. The highest BCUT2D eigenvalue weighted by molar-refractivity contribution is 5.87. The fourth-order valence-corrected chi connectivity index (χ4v) is 2.10. The molecule has 0 bridgehead atoms. The Hall–Kier alpha value is -1.06. The lowest BCUT2D eigenvalue weighted by Crippen LogP contribution is -2.55. The van der Waals surface area contributed by atoms with Crippen molar-refractivity contribution < 1.29 is 14.7 Å². The summed E-state index contributed by atoms with van der Waals surface area (Å²) >= 11 is 0. The Labute approximate surface area is 96.4 Å². The van der Waals surface area contributed by atoms with E-state index in [1.807, 2.05) is 0 Å². The highest BCUT2D eigenvalue weighted by atomic mass is 16.4. The first-order valence-corrected chi connectivity index (χ1v) is 6.03. The molecule has 0 atom stereocenters. The predicted octanol–water partition coefficient (Wildman–Crippen LogP) is 1.94. The minimum atomic E-state index is -1.02. The van der Waals surface area contributed by atoms with Gasteiger partial charge in [0, 0.05) is 5.92 Å². The number of rotatable bonds is 3. The van der Waals surface area contributed by atoms with Crippen LogP contribution in [-0.4, -0.2) is 22.5 Å². The number of carboxylic acid groups (broad SMARTS) is 1. The van der Waals surface area contributed by atoms with Gasteiger partial charge >= 0.3 is 5.97 Å². The molecule has 0 aliphatic heterocycles. The lowest BCUT2D eigenvalue weighted by atomic mass is 9.89. The average Bonchev–Trinajstić information content (AvgIpc) is 2.44. The van der Waals surface area contributed by atoms with Gasteiger partial charge in [0.25, 0.3) is 0 Å².